The Balaban J connectivity index is 1.66. The van der Waals surface area contributed by atoms with Crippen molar-refractivity contribution in [1.29, 1.82) is 0 Å². The number of benzene rings is 2. The van der Waals surface area contributed by atoms with Gasteiger partial charge in [-0.05, 0) is 48.2 Å². The molecule has 2 aromatic rings. The van der Waals surface area contributed by atoms with Crippen LogP contribution in [0.1, 0.15) is 11.1 Å². The van der Waals surface area contributed by atoms with Gasteiger partial charge in [0.05, 0.1) is 13.2 Å². The second-order valence-electron chi connectivity index (χ2n) is 5.67. The largest absolute Gasteiger partial charge is 0.441 e. The van der Waals surface area contributed by atoms with Gasteiger partial charge in [0.2, 0.25) is 0 Å². The second kappa shape index (κ2) is 7.43. The van der Waals surface area contributed by atoms with Crippen molar-refractivity contribution in [3.8, 4) is 0 Å². The molecule has 1 N–H and O–H groups in total. The zero-order valence-corrected chi connectivity index (χ0v) is 14.4. The van der Waals surface area contributed by atoms with Crippen molar-refractivity contribution in [3.63, 3.8) is 0 Å². The maximum absolute atomic E-state index is 11.8. The van der Waals surface area contributed by atoms with Gasteiger partial charge in [0.25, 0.3) is 0 Å². The molecular weight excluding hydrogens is 349 g/mol. The van der Waals surface area contributed by atoms with Crippen LogP contribution in [0.2, 0.25) is 10.0 Å². The molecule has 0 radical (unpaired) electrons. The van der Waals surface area contributed by atoms with Crippen molar-refractivity contribution >= 4 is 35.0 Å². The summed E-state index contributed by atoms with van der Waals surface area (Å²) in [4.78, 5) is 13.3. The smallest absolute Gasteiger partial charge is 0.414 e. The van der Waals surface area contributed by atoms with Crippen LogP contribution < -0.4 is 4.90 Å². The first-order chi connectivity index (χ1) is 11.6. The molecule has 0 bridgehead atoms. The van der Waals surface area contributed by atoms with E-state index in [2.05, 4.69) is 0 Å². The van der Waals surface area contributed by atoms with Crippen LogP contribution in [0, 0.1) is 0 Å². The standard InChI is InChI=1S/C18H17Cl2NO3/c19-16-2-1-3-17(20)15(16)9-6-12-4-7-13(8-5-12)21-10-14(11-22)24-18(21)23/h1-5,7-8,14,22H,6,9-11H2. The van der Waals surface area contributed by atoms with Crippen molar-refractivity contribution in [2.75, 3.05) is 18.1 Å². The Hall–Kier alpha value is -1.75. The molecule has 6 heteroatoms. The molecule has 0 aliphatic carbocycles. The molecule has 1 heterocycles. The molecule has 1 aliphatic heterocycles. The van der Waals surface area contributed by atoms with Gasteiger partial charge in [0.1, 0.15) is 6.10 Å². The fourth-order valence-electron chi connectivity index (χ4n) is 2.71. The van der Waals surface area contributed by atoms with E-state index in [-0.39, 0.29) is 6.61 Å². The molecule has 3 rings (SSSR count). The van der Waals surface area contributed by atoms with Gasteiger partial charge >= 0.3 is 6.09 Å². The first-order valence-electron chi connectivity index (χ1n) is 7.69. The number of hydrogen-bond donors (Lipinski definition) is 1. The second-order valence-corrected chi connectivity index (χ2v) is 6.48. The lowest BCUT2D eigenvalue weighted by atomic mass is 10.0. The molecule has 2 aromatic carbocycles. The lowest BCUT2D eigenvalue weighted by Crippen LogP contribution is -2.25. The molecule has 0 aromatic heterocycles. The summed E-state index contributed by atoms with van der Waals surface area (Å²) in [5.41, 5.74) is 2.83. The van der Waals surface area contributed by atoms with Crippen LogP contribution in [0.25, 0.3) is 0 Å². The van der Waals surface area contributed by atoms with Gasteiger partial charge < -0.3 is 9.84 Å². The molecule has 24 heavy (non-hydrogen) atoms. The zero-order chi connectivity index (χ0) is 17.1. The Morgan fingerprint density at radius 2 is 1.75 bits per heavy atom. The minimum Gasteiger partial charge on any atom is -0.441 e. The Morgan fingerprint density at radius 1 is 1.08 bits per heavy atom. The van der Waals surface area contributed by atoms with E-state index in [0.29, 0.717) is 16.6 Å². The topological polar surface area (TPSA) is 49.8 Å². The summed E-state index contributed by atoms with van der Waals surface area (Å²) in [6.07, 6.45) is 0.660. The summed E-state index contributed by atoms with van der Waals surface area (Å²) in [5, 5.41) is 10.4. The molecule has 1 atom stereocenters. The maximum Gasteiger partial charge on any atom is 0.414 e. The van der Waals surface area contributed by atoms with Crippen LogP contribution in [-0.4, -0.2) is 30.5 Å². The number of aliphatic hydroxyl groups is 1. The number of amides is 1. The molecule has 4 nitrogen and oxygen atoms in total. The average Bonchev–Trinajstić information content (AvgIpc) is 2.96. The van der Waals surface area contributed by atoms with Crippen molar-refractivity contribution in [3.05, 3.63) is 63.6 Å². The first kappa shape index (κ1) is 17.1. The number of aryl methyl sites for hydroxylation is 1. The van der Waals surface area contributed by atoms with Gasteiger partial charge in [0, 0.05) is 15.7 Å². The van der Waals surface area contributed by atoms with Crippen molar-refractivity contribution in [1.82, 2.24) is 0 Å². The van der Waals surface area contributed by atoms with Gasteiger partial charge in [-0.25, -0.2) is 4.79 Å². The van der Waals surface area contributed by atoms with Crippen LogP contribution in [0.5, 0.6) is 0 Å². The SMILES string of the molecule is O=C1OC(CO)CN1c1ccc(CCc2c(Cl)cccc2Cl)cc1. The van der Waals surface area contributed by atoms with Crippen LogP contribution in [-0.2, 0) is 17.6 Å². The molecule has 1 aliphatic rings. The summed E-state index contributed by atoms with van der Waals surface area (Å²) in [6, 6.07) is 13.2. The fraction of sp³-hybridized carbons (Fsp3) is 0.278. The van der Waals surface area contributed by atoms with E-state index in [0.717, 1.165) is 29.7 Å². The fourth-order valence-corrected chi connectivity index (χ4v) is 3.30. The van der Waals surface area contributed by atoms with Gasteiger partial charge in [-0.1, -0.05) is 41.4 Å². The third-order valence-corrected chi connectivity index (χ3v) is 4.76. The van der Waals surface area contributed by atoms with Crippen LogP contribution in [0.4, 0.5) is 10.5 Å². The lowest BCUT2D eigenvalue weighted by Gasteiger charge is -2.13. The first-order valence-corrected chi connectivity index (χ1v) is 8.45. The summed E-state index contributed by atoms with van der Waals surface area (Å²) in [7, 11) is 0. The number of carbonyl (C=O) groups is 1. The monoisotopic (exact) mass is 365 g/mol. The maximum atomic E-state index is 11.8. The number of ether oxygens (including phenoxy) is 1. The van der Waals surface area contributed by atoms with E-state index in [9.17, 15) is 4.79 Å². The summed E-state index contributed by atoms with van der Waals surface area (Å²) >= 11 is 12.4. The normalized spacial score (nSPS) is 17.2. The highest BCUT2D eigenvalue weighted by atomic mass is 35.5. The molecule has 1 fully saturated rings. The number of rotatable bonds is 5. The molecular formula is C18H17Cl2NO3. The van der Waals surface area contributed by atoms with Crippen LogP contribution in [0.15, 0.2) is 42.5 Å². The number of halogens is 2. The Labute approximate surface area is 150 Å². The molecule has 1 amide bonds. The van der Waals surface area contributed by atoms with E-state index in [1.807, 2.05) is 42.5 Å². The van der Waals surface area contributed by atoms with E-state index in [1.54, 1.807) is 0 Å². The number of cyclic esters (lactones) is 1. The van der Waals surface area contributed by atoms with E-state index < -0.39 is 12.2 Å². The zero-order valence-electron chi connectivity index (χ0n) is 12.9. The van der Waals surface area contributed by atoms with E-state index in [4.69, 9.17) is 33.0 Å². The predicted octanol–water partition coefficient (Wildman–Crippen LogP) is 4.10. The summed E-state index contributed by atoms with van der Waals surface area (Å²) < 4.78 is 5.05. The van der Waals surface area contributed by atoms with Crippen molar-refractivity contribution in [2.45, 2.75) is 18.9 Å². The Bertz CT molecular complexity index is 713. The Kier molecular flexibility index (Phi) is 5.29. The predicted molar refractivity (Wildman–Crippen MR) is 95.0 cm³/mol. The third kappa shape index (κ3) is 3.66. The Morgan fingerprint density at radius 3 is 2.33 bits per heavy atom. The average molecular weight is 366 g/mol. The van der Waals surface area contributed by atoms with Crippen molar-refractivity contribution in [2.24, 2.45) is 0 Å². The molecule has 0 saturated carbocycles. The minimum atomic E-state index is -0.459. The van der Waals surface area contributed by atoms with E-state index >= 15 is 0 Å². The highest BCUT2D eigenvalue weighted by molar-refractivity contribution is 6.35. The quantitative estimate of drug-likeness (QED) is 0.867. The molecule has 0 spiro atoms. The van der Waals surface area contributed by atoms with E-state index in [1.165, 1.54) is 4.90 Å². The van der Waals surface area contributed by atoms with Crippen LogP contribution >= 0.6 is 23.2 Å². The number of hydrogen-bond acceptors (Lipinski definition) is 3. The van der Waals surface area contributed by atoms with Gasteiger partial charge in [-0.15, -0.1) is 0 Å². The molecule has 1 unspecified atom stereocenters. The van der Waals surface area contributed by atoms with Gasteiger partial charge in [-0.3, -0.25) is 4.90 Å². The highest BCUT2D eigenvalue weighted by Gasteiger charge is 2.31. The molecule has 126 valence electrons. The number of carbonyl (C=O) groups excluding carboxylic acids is 1. The lowest BCUT2D eigenvalue weighted by molar-refractivity contribution is 0.0963. The minimum absolute atomic E-state index is 0.168. The third-order valence-electron chi connectivity index (χ3n) is 4.05. The summed E-state index contributed by atoms with van der Waals surface area (Å²) in [5.74, 6) is 0. The van der Waals surface area contributed by atoms with Gasteiger partial charge in [0.15, 0.2) is 0 Å². The van der Waals surface area contributed by atoms with Crippen LogP contribution in [0.3, 0.4) is 0 Å². The van der Waals surface area contributed by atoms with Gasteiger partial charge in [-0.2, -0.15) is 0 Å². The number of aliphatic hydroxyl groups excluding tert-OH is 1. The number of nitrogens with zero attached hydrogens (tertiary/aromatic N) is 1. The molecule has 1 saturated heterocycles. The highest BCUT2D eigenvalue weighted by Crippen LogP contribution is 2.26. The number of anilines is 1. The van der Waals surface area contributed by atoms with Crippen molar-refractivity contribution < 1.29 is 14.6 Å². The summed E-state index contributed by atoms with van der Waals surface area (Å²) in [6.45, 7) is 0.197.